The maximum atomic E-state index is 12.1. The average Bonchev–Trinajstić information content (AvgIpc) is 2.68. The smallest absolute Gasteiger partial charge is 0.345 e. The van der Waals surface area contributed by atoms with Gasteiger partial charge in [0.2, 0.25) is 0 Å². The van der Waals surface area contributed by atoms with Gasteiger partial charge in [-0.3, -0.25) is 0 Å². The van der Waals surface area contributed by atoms with Crippen LogP contribution in [0.5, 0.6) is 5.75 Å². The molecular weight excluding hydrogens is 360 g/mol. The molecular formula is C20H20N4O4. The van der Waals surface area contributed by atoms with Gasteiger partial charge in [-0.1, -0.05) is 0 Å². The lowest BCUT2D eigenvalue weighted by Gasteiger charge is -2.12. The van der Waals surface area contributed by atoms with Crippen molar-refractivity contribution in [2.24, 2.45) is 5.10 Å². The summed E-state index contributed by atoms with van der Waals surface area (Å²) in [6.45, 7) is 0. The summed E-state index contributed by atoms with van der Waals surface area (Å²) in [5.74, 6) is 0.685. The number of carbonyl (C=O) groups is 1. The van der Waals surface area contributed by atoms with Crippen LogP contribution in [0.15, 0.2) is 62.8 Å². The summed E-state index contributed by atoms with van der Waals surface area (Å²) < 4.78 is 10.4. The predicted octanol–water partition coefficient (Wildman–Crippen LogP) is 3.02. The summed E-state index contributed by atoms with van der Waals surface area (Å²) in [5.41, 5.74) is 3.99. The number of methoxy groups -OCH3 is 1. The van der Waals surface area contributed by atoms with E-state index >= 15 is 0 Å². The third kappa shape index (κ3) is 4.47. The highest BCUT2D eigenvalue weighted by Crippen LogP contribution is 2.20. The van der Waals surface area contributed by atoms with Crippen molar-refractivity contribution >= 4 is 34.6 Å². The molecule has 2 aromatic carbocycles. The van der Waals surface area contributed by atoms with Gasteiger partial charge in [-0.15, -0.1) is 0 Å². The number of hydrazone groups is 1. The maximum absolute atomic E-state index is 12.1. The van der Waals surface area contributed by atoms with Crippen LogP contribution >= 0.6 is 0 Å². The minimum atomic E-state index is -0.540. The van der Waals surface area contributed by atoms with Crippen LogP contribution in [0.4, 0.5) is 16.2 Å². The monoisotopic (exact) mass is 380 g/mol. The molecule has 0 bridgehead atoms. The number of nitrogens with one attached hydrogen (secondary N) is 2. The molecule has 144 valence electrons. The van der Waals surface area contributed by atoms with E-state index in [0.29, 0.717) is 17.0 Å². The second-order valence-electron chi connectivity index (χ2n) is 6.16. The van der Waals surface area contributed by atoms with Gasteiger partial charge in [-0.25, -0.2) is 15.0 Å². The molecule has 0 fully saturated rings. The van der Waals surface area contributed by atoms with Gasteiger partial charge in [0.1, 0.15) is 11.3 Å². The minimum absolute atomic E-state index is 0.231. The average molecular weight is 380 g/mol. The van der Waals surface area contributed by atoms with Gasteiger partial charge in [0.05, 0.1) is 18.9 Å². The molecule has 28 heavy (non-hydrogen) atoms. The van der Waals surface area contributed by atoms with Crippen molar-refractivity contribution < 1.29 is 13.9 Å². The van der Waals surface area contributed by atoms with Crippen LogP contribution in [0.25, 0.3) is 11.0 Å². The van der Waals surface area contributed by atoms with Crippen LogP contribution in [0.3, 0.4) is 0 Å². The molecule has 3 aromatic rings. The largest absolute Gasteiger partial charge is 0.497 e. The van der Waals surface area contributed by atoms with Crippen molar-refractivity contribution in [2.45, 2.75) is 0 Å². The van der Waals surface area contributed by atoms with Gasteiger partial charge < -0.3 is 19.4 Å². The second-order valence-corrected chi connectivity index (χ2v) is 6.16. The standard InChI is InChI=1S/C20H20N4O4/c1-24(2)16-7-4-13-10-14(19(25)28-18(13)11-16)12-21-23-20(26)22-15-5-8-17(27-3)9-6-15/h4-12H,1-3H3,(H2,22,23,26)/b21-12+. The number of amides is 2. The molecule has 0 saturated carbocycles. The number of fused-ring (bicyclic) bond motifs is 1. The Kier molecular flexibility index (Phi) is 5.59. The molecule has 8 heteroatoms. The van der Waals surface area contributed by atoms with E-state index < -0.39 is 11.7 Å². The molecule has 0 aliphatic rings. The molecule has 0 spiro atoms. The fourth-order valence-electron chi connectivity index (χ4n) is 2.48. The Morgan fingerprint density at radius 1 is 1.14 bits per heavy atom. The van der Waals surface area contributed by atoms with Crippen molar-refractivity contribution in [3.05, 3.63) is 64.5 Å². The highest BCUT2D eigenvalue weighted by Gasteiger charge is 2.06. The number of urea groups is 1. The lowest BCUT2D eigenvalue weighted by Crippen LogP contribution is -2.24. The molecule has 2 N–H and O–H groups in total. The fraction of sp³-hybridized carbons (Fsp3) is 0.150. The van der Waals surface area contributed by atoms with Crippen LogP contribution in [-0.4, -0.2) is 33.5 Å². The Morgan fingerprint density at radius 2 is 1.89 bits per heavy atom. The number of hydrogen-bond acceptors (Lipinski definition) is 6. The third-order valence-corrected chi connectivity index (χ3v) is 3.98. The van der Waals surface area contributed by atoms with Gasteiger partial charge in [-0.2, -0.15) is 5.10 Å². The fourth-order valence-corrected chi connectivity index (χ4v) is 2.48. The van der Waals surface area contributed by atoms with E-state index in [0.717, 1.165) is 11.1 Å². The summed E-state index contributed by atoms with van der Waals surface area (Å²) in [4.78, 5) is 25.9. The van der Waals surface area contributed by atoms with Crippen molar-refractivity contribution in [3.63, 3.8) is 0 Å². The zero-order chi connectivity index (χ0) is 20.1. The molecule has 2 amide bonds. The summed E-state index contributed by atoms with van der Waals surface area (Å²) in [6, 6.07) is 13.5. The number of hydrogen-bond donors (Lipinski definition) is 2. The zero-order valence-electron chi connectivity index (χ0n) is 15.7. The van der Waals surface area contributed by atoms with E-state index in [-0.39, 0.29) is 5.56 Å². The molecule has 0 aliphatic heterocycles. The normalized spacial score (nSPS) is 10.8. The molecule has 0 saturated heterocycles. The molecule has 0 aliphatic carbocycles. The summed E-state index contributed by atoms with van der Waals surface area (Å²) in [6.07, 6.45) is 1.25. The van der Waals surface area contributed by atoms with Gasteiger partial charge in [0.15, 0.2) is 0 Å². The number of rotatable bonds is 5. The van der Waals surface area contributed by atoms with E-state index in [2.05, 4.69) is 15.8 Å². The zero-order valence-corrected chi connectivity index (χ0v) is 15.7. The van der Waals surface area contributed by atoms with E-state index in [1.807, 2.05) is 31.1 Å². The Balaban J connectivity index is 1.68. The summed E-state index contributed by atoms with van der Waals surface area (Å²) in [5, 5.41) is 7.18. The van der Waals surface area contributed by atoms with E-state index in [9.17, 15) is 9.59 Å². The first kappa shape index (κ1) is 19.0. The molecule has 0 unspecified atom stereocenters. The van der Waals surface area contributed by atoms with Crippen LogP contribution in [0, 0.1) is 0 Å². The quantitative estimate of drug-likeness (QED) is 0.403. The minimum Gasteiger partial charge on any atom is -0.497 e. The number of benzene rings is 2. The highest BCUT2D eigenvalue weighted by molar-refractivity contribution is 5.91. The van der Waals surface area contributed by atoms with E-state index in [4.69, 9.17) is 9.15 Å². The molecule has 8 nitrogen and oxygen atoms in total. The number of ether oxygens (including phenoxy) is 1. The first-order valence-electron chi connectivity index (χ1n) is 8.45. The number of carbonyl (C=O) groups excluding carboxylic acids is 1. The number of anilines is 2. The summed E-state index contributed by atoms with van der Waals surface area (Å²) >= 11 is 0. The van der Waals surface area contributed by atoms with E-state index in [1.165, 1.54) is 6.21 Å². The van der Waals surface area contributed by atoms with Crippen LogP contribution in [-0.2, 0) is 0 Å². The second kappa shape index (κ2) is 8.26. The Hall–Kier alpha value is -3.81. The molecule has 1 heterocycles. The third-order valence-electron chi connectivity index (χ3n) is 3.98. The van der Waals surface area contributed by atoms with Crippen LogP contribution < -0.4 is 26.0 Å². The first-order valence-corrected chi connectivity index (χ1v) is 8.45. The summed E-state index contributed by atoms with van der Waals surface area (Å²) in [7, 11) is 5.38. The van der Waals surface area contributed by atoms with Crippen molar-refractivity contribution in [2.75, 3.05) is 31.4 Å². The predicted molar refractivity (Wildman–Crippen MR) is 110 cm³/mol. The molecule has 0 atom stereocenters. The van der Waals surface area contributed by atoms with Crippen LogP contribution in [0.1, 0.15) is 5.56 Å². The number of nitrogens with zero attached hydrogens (tertiary/aromatic N) is 2. The SMILES string of the molecule is COc1ccc(NC(=O)N/N=C/c2cc3ccc(N(C)C)cc3oc2=O)cc1. The van der Waals surface area contributed by atoms with Gasteiger partial charge in [0.25, 0.3) is 0 Å². The van der Waals surface area contributed by atoms with Gasteiger partial charge in [-0.05, 0) is 42.5 Å². The topological polar surface area (TPSA) is 96.2 Å². The van der Waals surface area contributed by atoms with E-state index in [1.54, 1.807) is 43.5 Å². The van der Waals surface area contributed by atoms with Crippen LogP contribution in [0.2, 0.25) is 0 Å². The Morgan fingerprint density at radius 3 is 2.57 bits per heavy atom. The molecule has 3 rings (SSSR count). The lowest BCUT2D eigenvalue weighted by molar-refractivity contribution is 0.252. The Labute approximate surface area is 161 Å². The van der Waals surface area contributed by atoms with Gasteiger partial charge in [0, 0.05) is 36.9 Å². The Bertz CT molecular complexity index is 1070. The molecule has 1 aromatic heterocycles. The highest BCUT2D eigenvalue weighted by atomic mass is 16.5. The lowest BCUT2D eigenvalue weighted by atomic mass is 10.2. The maximum Gasteiger partial charge on any atom is 0.345 e. The first-order chi connectivity index (χ1) is 13.5. The van der Waals surface area contributed by atoms with Crippen molar-refractivity contribution in [1.29, 1.82) is 0 Å². The van der Waals surface area contributed by atoms with Crippen molar-refractivity contribution in [3.8, 4) is 5.75 Å². The molecule has 0 radical (unpaired) electrons. The van der Waals surface area contributed by atoms with Crippen molar-refractivity contribution in [1.82, 2.24) is 5.43 Å². The van der Waals surface area contributed by atoms with Gasteiger partial charge >= 0.3 is 11.7 Å².